The van der Waals surface area contributed by atoms with Crippen LogP contribution in [0.3, 0.4) is 0 Å². The molecule has 0 aromatic heterocycles. The van der Waals surface area contributed by atoms with Gasteiger partial charge >= 0.3 is 13.3 Å². The second-order valence-corrected chi connectivity index (χ2v) is 9.21. The van der Waals surface area contributed by atoms with E-state index in [0.29, 0.717) is 6.54 Å². The molecule has 0 saturated carbocycles. The normalized spacial score (nSPS) is 12.3. The second-order valence-electron chi connectivity index (χ2n) is 6.71. The summed E-state index contributed by atoms with van der Waals surface area (Å²) in [4.78, 5) is 20.0. The first-order chi connectivity index (χ1) is 13.9. The van der Waals surface area contributed by atoms with Crippen LogP contribution in [-0.2, 0) is 16.8 Å². The van der Waals surface area contributed by atoms with Gasteiger partial charge < -0.3 is 14.7 Å². The van der Waals surface area contributed by atoms with Gasteiger partial charge in [0.15, 0.2) is 0 Å². The molecule has 30 heavy (non-hydrogen) atoms. The lowest BCUT2D eigenvalue weighted by Crippen LogP contribution is -2.21. The fraction of sp³-hybridized carbons (Fsp3) is 0.364. The molecule has 2 aromatic rings. The summed E-state index contributed by atoms with van der Waals surface area (Å²) in [5, 5.41) is 0. The van der Waals surface area contributed by atoms with Gasteiger partial charge in [0.25, 0.3) is 0 Å². The molecule has 166 valence electrons. The summed E-state index contributed by atoms with van der Waals surface area (Å²) in [6, 6.07) is 10.1. The Kier molecular flexibility index (Phi) is 9.43. The lowest BCUT2D eigenvalue weighted by atomic mass is 10.1. The maximum Gasteiger partial charge on any atom is 0.399 e. The smallest absolute Gasteiger partial charge is 0.341 e. The van der Waals surface area contributed by atoms with Gasteiger partial charge in [-0.1, -0.05) is 65.7 Å². The molecule has 2 N–H and O–H groups in total. The van der Waals surface area contributed by atoms with Crippen molar-refractivity contribution in [3.8, 4) is 0 Å². The van der Waals surface area contributed by atoms with E-state index in [-0.39, 0.29) is 4.47 Å². The van der Waals surface area contributed by atoms with E-state index in [1.807, 2.05) is 59.8 Å². The Balaban J connectivity index is 0.00000218. The van der Waals surface area contributed by atoms with Crippen molar-refractivity contribution < 1.29 is 23.1 Å². The Morgan fingerprint density at radius 1 is 1.17 bits per heavy atom. The van der Waals surface area contributed by atoms with E-state index in [0.717, 1.165) is 34.1 Å². The number of alkyl halides is 2. The van der Waals surface area contributed by atoms with Crippen LogP contribution in [0.4, 0.5) is 14.5 Å². The summed E-state index contributed by atoms with van der Waals surface area (Å²) in [5.41, 5.74) is -0.0361. The molecule has 0 aliphatic carbocycles. The summed E-state index contributed by atoms with van der Waals surface area (Å²) in [6.07, 6.45) is 1.96. The molecule has 0 atom stereocenters. The molecule has 4 nitrogen and oxygen atoms in total. The van der Waals surface area contributed by atoms with Crippen LogP contribution < -0.4 is 4.90 Å². The van der Waals surface area contributed by atoms with Crippen molar-refractivity contribution in [3.63, 3.8) is 0 Å². The van der Waals surface area contributed by atoms with Crippen molar-refractivity contribution in [1.82, 2.24) is 0 Å². The van der Waals surface area contributed by atoms with Gasteiger partial charge in [-0.25, -0.2) is 0 Å². The molecule has 0 aliphatic heterocycles. The zero-order valence-electron chi connectivity index (χ0n) is 18.1. The van der Waals surface area contributed by atoms with E-state index >= 15 is 0 Å². The van der Waals surface area contributed by atoms with Gasteiger partial charge in [-0.05, 0) is 51.0 Å². The summed E-state index contributed by atoms with van der Waals surface area (Å²) < 4.78 is 39.2. The third-order valence-electron chi connectivity index (χ3n) is 4.55. The minimum atomic E-state index is -5.62. The number of rotatable bonds is 6. The molecule has 0 aliphatic rings. The van der Waals surface area contributed by atoms with Crippen molar-refractivity contribution >= 4 is 29.2 Å². The van der Waals surface area contributed by atoms with Crippen molar-refractivity contribution in [1.29, 1.82) is 0 Å². The summed E-state index contributed by atoms with van der Waals surface area (Å²) in [7, 11) is -5.62. The Labute approximate surface area is 185 Å². The molecule has 0 bridgehead atoms. The average Bonchev–Trinajstić information content (AvgIpc) is 2.66. The van der Waals surface area contributed by atoms with Crippen molar-refractivity contribution in [2.24, 2.45) is 0 Å². The molecular weight excluding hydrogens is 475 g/mol. The highest BCUT2D eigenvalue weighted by Gasteiger charge is 2.51. The summed E-state index contributed by atoms with van der Waals surface area (Å²) in [5.74, 6) is 0. The monoisotopic (exact) mass is 503 g/mol. The lowest BCUT2D eigenvalue weighted by molar-refractivity contribution is 0.0557. The summed E-state index contributed by atoms with van der Waals surface area (Å²) in [6.45, 7) is 12.3. The highest BCUT2D eigenvalue weighted by Crippen LogP contribution is 2.60. The van der Waals surface area contributed by atoms with Gasteiger partial charge in [0, 0.05) is 28.0 Å². The van der Waals surface area contributed by atoms with Crippen LogP contribution in [0.1, 0.15) is 49.9 Å². The zero-order chi connectivity index (χ0) is 23.3. The van der Waals surface area contributed by atoms with Crippen LogP contribution in [-0.4, -0.2) is 9.79 Å². The Bertz CT molecular complexity index is 957. The van der Waals surface area contributed by atoms with Crippen LogP contribution in [0.15, 0.2) is 52.6 Å². The number of hydrogen-bond acceptors (Lipinski definition) is 2. The number of anilines is 1. The largest absolute Gasteiger partial charge is 0.399 e. The van der Waals surface area contributed by atoms with Crippen LogP contribution in [0.5, 0.6) is 0 Å². The molecule has 0 spiro atoms. The van der Waals surface area contributed by atoms with E-state index in [2.05, 4.69) is 26.9 Å². The van der Waals surface area contributed by atoms with Crippen LogP contribution >= 0.6 is 23.5 Å². The minimum absolute atomic E-state index is 0.0444. The van der Waals surface area contributed by atoms with Crippen molar-refractivity contribution in [2.45, 2.75) is 53.8 Å². The van der Waals surface area contributed by atoms with Gasteiger partial charge in [-0.3, -0.25) is 4.57 Å². The van der Waals surface area contributed by atoms with E-state index < -0.39 is 18.8 Å². The van der Waals surface area contributed by atoms with Crippen molar-refractivity contribution in [3.05, 3.63) is 74.9 Å². The Morgan fingerprint density at radius 2 is 1.77 bits per heavy atom. The molecule has 0 radical (unpaired) electrons. The van der Waals surface area contributed by atoms with E-state index in [4.69, 9.17) is 9.79 Å². The van der Waals surface area contributed by atoms with Crippen LogP contribution in [0.2, 0.25) is 0 Å². The average molecular weight is 504 g/mol. The minimum Gasteiger partial charge on any atom is -0.341 e. The maximum absolute atomic E-state index is 14.0. The van der Waals surface area contributed by atoms with Crippen LogP contribution in [0.25, 0.3) is 0 Å². The number of aryl methyl sites for hydroxylation is 2. The highest BCUT2D eigenvalue weighted by atomic mass is 79.9. The number of halogens is 3. The molecule has 0 unspecified atom stereocenters. The first-order valence-corrected chi connectivity index (χ1v) is 12.0. The fourth-order valence-electron chi connectivity index (χ4n) is 2.90. The molecule has 2 aromatic carbocycles. The highest BCUT2D eigenvalue weighted by molar-refractivity contribution is 9.10. The zero-order valence-corrected chi connectivity index (χ0v) is 20.6. The Hall–Kier alpha value is -1.53. The summed E-state index contributed by atoms with van der Waals surface area (Å²) >= 11 is 3.04. The van der Waals surface area contributed by atoms with Gasteiger partial charge in [-0.2, -0.15) is 8.78 Å². The van der Waals surface area contributed by atoms with E-state index in [1.54, 1.807) is 0 Å². The lowest BCUT2D eigenvalue weighted by Gasteiger charge is -2.28. The second kappa shape index (κ2) is 10.7. The van der Waals surface area contributed by atoms with Crippen molar-refractivity contribution in [2.75, 3.05) is 4.90 Å². The van der Waals surface area contributed by atoms with Gasteiger partial charge in [0.1, 0.15) is 0 Å². The molecule has 0 fully saturated rings. The third kappa shape index (κ3) is 6.01. The van der Waals surface area contributed by atoms with Gasteiger partial charge in [0.2, 0.25) is 0 Å². The topological polar surface area (TPSA) is 60.8 Å². The Morgan fingerprint density at radius 3 is 2.23 bits per heavy atom. The van der Waals surface area contributed by atoms with Gasteiger partial charge in [0.05, 0.1) is 0 Å². The van der Waals surface area contributed by atoms with E-state index in [1.165, 1.54) is 12.1 Å². The molecule has 0 amide bonds. The van der Waals surface area contributed by atoms with Crippen LogP contribution in [0, 0.1) is 13.8 Å². The molecular formula is C22H29BrF2NO3P. The SMILES string of the molecule is C/C=C(\C)N(Cc1ccc(C(F)(F)P(=O)(O)O)c(Br)c1)c1ccc(C)cc1C.CC. The number of benzene rings is 2. The molecule has 8 heteroatoms. The first-order valence-electron chi connectivity index (χ1n) is 9.58. The number of nitrogens with zero attached hydrogens (tertiary/aromatic N) is 1. The van der Waals surface area contributed by atoms with Gasteiger partial charge in [-0.15, -0.1) is 0 Å². The third-order valence-corrected chi connectivity index (χ3v) is 6.18. The standard InChI is InChI=1S/C20H23BrF2NO3P.C2H6/c1-5-15(4)24(19-9-6-13(2)10-14(19)3)12-16-7-8-17(18(21)11-16)20(22,23)28(25,26)27;1-2/h5-11H,12H2,1-4H3,(H2,25,26,27);1-2H3/b15-5+;. The van der Waals surface area contributed by atoms with E-state index in [9.17, 15) is 13.3 Å². The fourth-order valence-corrected chi connectivity index (χ4v) is 4.24. The number of hydrogen-bond donors (Lipinski definition) is 2. The maximum atomic E-state index is 14.0. The molecule has 2 rings (SSSR count). The molecule has 0 heterocycles. The molecule has 0 saturated heterocycles. The predicted molar refractivity (Wildman–Crippen MR) is 123 cm³/mol. The first kappa shape index (κ1) is 26.5. The number of allylic oxidation sites excluding steroid dienone is 2. The predicted octanol–water partition coefficient (Wildman–Crippen LogP) is 7.25. The quantitative estimate of drug-likeness (QED) is 0.407.